The second-order valence-corrected chi connectivity index (χ2v) is 4.55. The fraction of sp³-hybridized carbons (Fsp3) is 0.333. The minimum absolute atomic E-state index is 0.160. The lowest BCUT2D eigenvalue weighted by Gasteiger charge is -2.22. The summed E-state index contributed by atoms with van der Waals surface area (Å²) in [6.07, 6.45) is 1.11. The topological polar surface area (TPSA) is 87.7 Å². The van der Waals surface area contributed by atoms with Crippen molar-refractivity contribution < 1.29 is 19.4 Å². The van der Waals surface area contributed by atoms with E-state index in [1.165, 1.54) is 7.11 Å². The lowest BCUT2D eigenvalue weighted by atomic mass is 10.1. The van der Waals surface area contributed by atoms with Gasteiger partial charge in [-0.15, -0.1) is 0 Å². The van der Waals surface area contributed by atoms with E-state index in [4.69, 9.17) is 4.74 Å². The summed E-state index contributed by atoms with van der Waals surface area (Å²) in [5.41, 5.74) is 0.859. The fourth-order valence-corrected chi connectivity index (χ4v) is 1.84. The molecule has 0 aliphatic carbocycles. The van der Waals surface area contributed by atoms with E-state index in [1.54, 1.807) is 31.2 Å². The predicted octanol–water partition coefficient (Wildman–Crippen LogP) is 0.714. The number of amides is 1. The third-order valence-electron chi connectivity index (χ3n) is 2.86. The number of carbonyl (C=O) groups is 2. The number of aromatic hydroxyl groups is 1. The summed E-state index contributed by atoms with van der Waals surface area (Å²) in [5, 5.41) is 14.9. The maximum absolute atomic E-state index is 11.8. The maximum Gasteiger partial charge on any atom is 0.323 e. The number of methoxy groups -OCH3 is 1. The van der Waals surface area contributed by atoms with E-state index in [1.807, 2.05) is 0 Å². The third kappa shape index (κ3) is 5.66. The Morgan fingerprint density at radius 2 is 2.00 bits per heavy atom. The van der Waals surface area contributed by atoms with Crippen LogP contribution < -0.4 is 10.6 Å². The van der Waals surface area contributed by atoms with Gasteiger partial charge in [-0.3, -0.25) is 14.9 Å². The summed E-state index contributed by atoms with van der Waals surface area (Å²) in [6, 6.07) is 5.93. The first-order valence-corrected chi connectivity index (χ1v) is 6.51. The first-order valence-electron chi connectivity index (χ1n) is 6.51. The molecular weight excluding hydrogens is 272 g/mol. The molecule has 114 valence electrons. The van der Waals surface area contributed by atoms with Gasteiger partial charge in [0.15, 0.2) is 0 Å². The Balaban J connectivity index is 2.71. The Morgan fingerprint density at radius 1 is 1.38 bits per heavy atom. The summed E-state index contributed by atoms with van der Waals surface area (Å²) < 4.78 is 4.76. The highest BCUT2D eigenvalue weighted by atomic mass is 16.5. The van der Waals surface area contributed by atoms with Crippen molar-refractivity contribution in [3.8, 4) is 5.75 Å². The first-order chi connectivity index (χ1) is 9.96. The average Bonchev–Trinajstić information content (AvgIpc) is 2.47. The number of hydrogen-bond acceptors (Lipinski definition) is 5. The van der Waals surface area contributed by atoms with Gasteiger partial charge in [0.25, 0.3) is 0 Å². The van der Waals surface area contributed by atoms with Gasteiger partial charge in [-0.1, -0.05) is 18.7 Å². The molecule has 6 nitrogen and oxygen atoms in total. The molecule has 0 spiro atoms. The first kappa shape index (κ1) is 16.7. The van der Waals surface area contributed by atoms with E-state index >= 15 is 0 Å². The van der Waals surface area contributed by atoms with Crippen LogP contribution in [0.2, 0.25) is 0 Å². The van der Waals surface area contributed by atoms with Crippen LogP contribution in [0.15, 0.2) is 36.9 Å². The number of phenols is 1. The molecular formula is C15H20N2O4. The predicted molar refractivity (Wildman–Crippen MR) is 78.6 cm³/mol. The molecule has 1 aromatic rings. The van der Waals surface area contributed by atoms with Crippen molar-refractivity contribution in [2.75, 3.05) is 7.11 Å². The Kier molecular flexibility index (Phi) is 6.42. The van der Waals surface area contributed by atoms with Crippen molar-refractivity contribution in [3.63, 3.8) is 0 Å². The van der Waals surface area contributed by atoms with Crippen molar-refractivity contribution in [1.82, 2.24) is 10.6 Å². The molecule has 2 unspecified atom stereocenters. The van der Waals surface area contributed by atoms with Crippen LogP contribution in [0.1, 0.15) is 12.5 Å². The highest BCUT2D eigenvalue weighted by molar-refractivity contribution is 5.87. The molecule has 0 aromatic heterocycles. The van der Waals surface area contributed by atoms with Crippen molar-refractivity contribution in [1.29, 1.82) is 0 Å². The largest absolute Gasteiger partial charge is 0.508 e. The van der Waals surface area contributed by atoms with Crippen molar-refractivity contribution in [3.05, 3.63) is 42.5 Å². The van der Waals surface area contributed by atoms with Crippen LogP contribution in [-0.2, 0) is 20.7 Å². The normalized spacial score (nSPS) is 13.0. The van der Waals surface area contributed by atoms with Crippen LogP contribution in [-0.4, -0.2) is 36.3 Å². The second kappa shape index (κ2) is 8.06. The van der Waals surface area contributed by atoms with E-state index < -0.39 is 18.2 Å². The van der Waals surface area contributed by atoms with Crippen molar-refractivity contribution >= 4 is 11.9 Å². The van der Waals surface area contributed by atoms with Crippen LogP contribution >= 0.6 is 0 Å². The Hall–Kier alpha value is -2.34. The molecule has 0 aliphatic heterocycles. The van der Waals surface area contributed by atoms with E-state index in [0.29, 0.717) is 6.42 Å². The fourth-order valence-electron chi connectivity index (χ4n) is 1.84. The molecule has 1 amide bonds. The SMILES string of the molecule is C=CC(=O)NC(C)NC(Cc1ccc(O)cc1)C(=O)OC. The number of phenolic OH excluding ortho intramolecular Hbond substituents is 1. The Labute approximate surface area is 123 Å². The van der Waals surface area contributed by atoms with Crippen LogP contribution in [0, 0.1) is 0 Å². The molecule has 1 aromatic carbocycles. The van der Waals surface area contributed by atoms with E-state index in [-0.39, 0.29) is 11.7 Å². The third-order valence-corrected chi connectivity index (χ3v) is 2.86. The van der Waals surface area contributed by atoms with Gasteiger partial charge in [-0.2, -0.15) is 0 Å². The van der Waals surface area contributed by atoms with E-state index in [9.17, 15) is 14.7 Å². The molecule has 0 saturated heterocycles. The minimum atomic E-state index is -0.611. The number of hydrogen-bond donors (Lipinski definition) is 3. The zero-order valence-electron chi connectivity index (χ0n) is 12.1. The van der Waals surface area contributed by atoms with Gasteiger partial charge in [0.1, 0.15) is 11.8 Å². The Morgan fingerprint density at radius 3 is 2.52 bits per heavy atom. The zero-order chi connectivity index (χ0) is 15.8. The minimum Gasteiger partial charge on any atom is -0.508 e. The molecule has 0 aliphatic rings. The molecule has 6 heteroatoms. The van der Waals surface area contributed by atoms with Gasteiger partial charge < -0.3 is 15.2 Å². The average molecular weight is 292 g/mol. The molecule has 0 fully saturated rings. The molecule has 0 saturated carbocycles. The Bertz CT molecular complexity index is 499. The summed E-state index contributed by atoms with van der Waals surface area (Å²) in [7, 11) is 1.31. The smallest absolute Gasteiger partial charge is 0.323 e. The van der Waals surface area contributed by atoms with Gasteiger partial charge >= 0.3 is 5.97 Å². The van der Waals surface area contributed by atoms with Gasteiger partial charge in [-0.25, -0.2) is 0 Å². The highest BCUT2D eigenvalue weighted by Crippen LogP contribution is 2.12. The number of nitrogens with one attached hydrogen (secondary N) is 2. The van der Waals surface area contributed by atoms with Crippen LogP contribution in [0.5, 0.6) is 5.75 Å². The van der Waals surface area contributed by atoms with Gasteiger partial charge in [-0.05, 0) is 37.1 Å². The molecule has 0 heterocycles. The van der Waals surface area contributed by atoms with Crippen LogP contribution in [0.3, 0.4) is 0 Å². The van der Waals surface area contributed by atoms with Gasteiger partial charge in [0.05, 0.1) is 13.3 Å². The summed E-state index contributed by atoms with van der Waals surface area (Å²) in [6.45, 7) is 5.08. The van der Waals surface area contributed by atoms with Crippen LogP contribution in [0.4, 0.5) is 0 Å². The highest BCUT2D eigenvalue weighted by Gasteiger charge is 2.21. The van der Waals surface area contributed by atoms with Crippen LogP contribution in [0.25, 0.3) is 0 Å². The molecule has 0 radical (unpaired) electrons. The molecule has 2 atom stereocenters. The molecule has 0 bridgehead atoms. The van der Waals surface area contributed by atoms with Gasteiger partial charge in [0.2, 0.25) is 5.91 Å². The second-order valence-electron chi connectivity index (χ2n) is 4.55. The summed E-state index contributed by atoms with van der Waals surface area (Å²) >= 11 is 0. The van der Waals surface area contributed by atoms with Crippen molar-refractivity contribution in [2.45, 2.75) is 25.6 Å². The monoisotopic (exact) mass is 292 g/mol. The standard InChI is InChI=1S/C15H20N2O4/c1-4-14(19)17-10(2)16-13(15(20)21-3)9-11-5-7-12(18)8-6-11/h4-8,10,13,16,18H,1,9H2,2-3H3,(H,17,19). The van der Waals surface area contributed by atoms with Crippen molar-refractivity contribution in [2.24, 2.45) is 0 Å². The van der Waals surface area contributed by atoms with E-state index in [0.717, 1.165) is 11.6 Å². The number of carbonyl (C=O) groups excluding carboxylic acids is 2. The quantitative estimate of drug-likeness (QED) is 0.391. The zero-order valence-corrected chi connectivity index (χ0v) is 12.1. The summed E-state index contributed by atoms with van der Waals surface area (Å²) in [4.78, 5) is 23.0. The molecule has 21 heavy (non-hydrogen) atoms. The maximum atomic E-state index is 11.8. The number of ether oxygens (including phenoxy) is 1. The number of benzene rings is 1. The molecule has 3 N–H and O–H groups in total. The lowest BCUT2D eigenvalue weighted by Crippen LogP contribution is -2.51. The number of rotatable bonds is 7. The molecule has 1 rings (SSSR count). The number of esters is 1. The van der Waals surface area contributed by atoms with Gasteiger partial charge in [0, 0.05) is 0 Å². The summed E-state index contributed by atoms with van der Waals surface area (Å²) in [5.74, 6) is -0.598. The lowest BCUT2D eigenvalue weighted by molar-refractivity contribution is -0.143. The van der Waals surface area contributed by atoms with E-state index in [2.05, 4.69) is 17.2 Å².